The van der Waals surface area contributed by atoms with Crippen molar-refractivity contribution in [2.75, 3.05) is 6.54 Å². The van der Waals surface area contributed by atoms with Crippen molar-refractivity contribution in [2.24, 2.45) is 17.3 Å². The lowest BCUT2D eigenvalue weighted by molar-refractivity contribution is -0.149. The molecular weight excluding hydrogens is 446 g/mol. The highest BCUT2D eigenvalue weighted by atomic mass is 16.5. The largest absolute Gasteiger partial charge is 0.354 e. The fraction of sp³-hybridized carbons (Fsp3) is 0.630. The topological polar surface area (TPSA) is 116 Å². The molecule has 8 heteroatoms. The number of carbonyl (C=O) groups excluding carboxylic acids is 4. The molecule has 1 aromatic carbocycles. The first-order chi connectivity index (χ1) is 16.8. The second kappa shape index (κ2) is 12.3. The summed E-state index contributed by atoms with van der Waals surface area (Å²) in [6, 6.07) is 8.62. The second-order valence-corrected chi connectivity index (χ2v) is 10.4. The standard InChI is InChI=1S/C27H39N3O5/c1-19(2)17-21-25(33)30(26(34)27(21)14-8-9-15-27)22(18-20-11-5-3-6-12-20)24(32)28-16-10-4-7-13-23(31)29-35/h3,5-6,11-12,19,21-22,35H,4,7-10,13-18H2,1-2H3,(H,28,32)(H,29,31)/t21-,22-/m0/s1. The van der Waals surface area contributed by atoms with E-state index in [1.165, 1.54) is 4.90 Å². The Morgan fingerprint density at radius 2 is 1.77 bits per heavy atom. The average molecular weight is 486 g/mol. The number of likely N-dealkylation sites (tertiary alicyclic amines) is 1. The lowest BCUT2D eigenvalue weighted by Gasteiger charge is -2.28. The van der Waals surface area contributed by atoms with Gasteiger partial charge in [-0.15, -0.1) is 0 Å². The molecule has 3 rings (SSSR count). The van der Waals surface area contributed by atoms with Crippen molar-refractivity contribution in [3.63, 3.8) is 0 Å². The zero-order valence-corrected chi connectivity index (χ0v) is 20.9. The molecule has 1 heterocycles. The third-order valence-corrected chi connectivity index (χ3v) is 7.44. The number of hydroxylamine groups is 1. The Balaban J connectivity index is 1.76. The number of hydrogen-bond donors (Lipinski definition) is 3. The molecule has 1 spiro atoms. The summed E-state index contributed by atoms with van der Waals surface area (Å²) in [6.45, 7) is 4.53. The first kappa shape index (κ1) is 26.9. The van der Waals surface area contributed by atoms with E-state index in [0.717, 1.165) is 18.4 Å². The van der Waals surface area contributed by atoms with Crippen LogP contribution in [0.4, 0.5) is 0 Å². The summed E-state index contributed by atoms with van der Waals surface area (Å²) in [6.07, 6.45) is 6.42. The summed E-state index contributed by atoms with van der Waals surface area (Å²) in [4.78, 5) is 53.4. The third-order valence-electron chi connectivity index (χ3n) is 7.44. The molecule has 0 aromatic heterocycles. The van der Waals surface area contributed by atoms with Gasteiger partial charge in [0.2, 0.25) is 23.6 Å². The van der Waals surface area contributed by atoms with E-state index in [2.05, 4.69) is 19.2 Å². The summed E-state index contributed by atoms with van der Waals surface area (Å²) in [5.74, 6) is -1.19. The van der Waals surface area contributed by atoms with E-state index >= 15 is 0 Å². The van der Waals surface area contributed by atoms with Crippen molar-refractivity contribution in [3.8, 4) is 0 Å². The molecule has 1 saturated heterocycles. The van der Waals surface area contributed by atoms with Gasteiger partial charge in [-0.2, -0.15) is 0 Å². The van der Waals surface area contributed by atoms with Crippen LogP contribution in [0.2, 0.25) is 0 Å². The Kier molecular flexibility index (Phi) is 9.43. The Labute approximate surface area is 207 Å². The normalized spacial score (nSPS) is 20.0. The SMILES string of the molecule is CC(C)C[C@H]1C(=O)N([C@@H](Cc2ccccc2)C(=O)NCCCCCC(=O)NO)C(=O)C12CCCC2. The van der Waals surface area contributed by atoms with E-state index in [4.69, 9.17) is 5.21 Å². The maximum Gasteiger partial charge on any atom is 0.243 e. The lowest BCUT2D eigenvalue weighted by atomic mass is 9.72. The van der Waals surface area contributed by atoms with Gasteiger partial charge in [0.25, 0.3) is 0 Å². The van der Waals surface area contributed by atoms with Crippen LogP contribution in [0.25, 0.3) is 0 Å². The van der Waals surface area contributed by atoms with Crippen LogP contribution in [0.5, 0.6) is 0 Å². The third kappa shape index (κ3) is 6.28. The molecule has 2 aliphatic rings. The van der Waals surface area contributed by atoms with Gasteiger partial charge >= 0.3 is 0 Å². The number of hydrogen-bond acceptors (Lipinski definition) is 5. The van der Waals surface area contributed by atoms with Gasteiger partial charge in [0, 0.05) is 19.4 Å². The van der Waals surface area contributed by atoms with Gasteiger partial charge in [-0.1, -0.05) is 63.4 Å². The van der Waals surface area contributed by atoms with Crippen LogP contribution in [-0.2, 0) is 25.6 Å². The van der Waals surface area contributed by atoms with Crippen molar-refractivity contribution in [1.29, 1.82) is 0 Å². The van der Waals surface area contributed by atoms with Crippen molar-refractivity contribution in [3.05, 3.63) is 35.9 Å². The van der Waals surface area contributed by atoms with Crippen LogP contribution in [-0.4, -0.2) is 46.3 Å². The number of unbranched alkanes of at least 4 members (excludes halogenated alkanes) is 2. The highest BCUT2D eigenvalue weighted by Crippen LogP contribution is 2.53. The van der Waals surface area contributed by atoms with Crippen LogP contribution in [0.3, 0.4) is 0 Å². The molecule has 0 unspecified atom stereocenters. The van der Waals surface area contributed by atoms with Gasteiger partial charge < -0.3 is 5.32 Å². The zero-order chi connectivity index (χ0) is 25.4. The maximum atomic E-state index is 13.8. The van der Waals surface area contributed by atoms with Gasteiger partial charge in [-0.05, 0) is 43.6 Å². The van der Waals surface area contributed by atoms with Gasteiger partial charge in [-0.3, -0.25) is 29.3 Å². The highest BCUT2D eigenvalue weighted by Gasteiger charge is 2.61. The minimum atomic E-state index is -0.882. The summed E-state index contributed by atoms with van der Waals surface area (Å²) in [5, 5.41) is 11.5. The van der Waals surface area contributed by atoms with Gasteiger partial charge in [0.05, 0.1) is 11.3 Å². The van der Waals surface area contributed by atoms with E-state index < -0.39 is 17.4 Å². The maximum absolute atomic E-state index is 13.8. The second-order valence-electron chi connectivity index (χ2n) is 10.4. The van der Waals surface area contributed by atoms with Crippen LogP contribution < -0.4 is 10.8 Å². The van der Waals surface area contributed by atoms with Crippen LogP contribution in [0.15, 0.2) is 30.3 Å². The monoisotopic (exact) mass is 485 g/mol. The number of carbonyl (C=O) groups is 4. The number of nitrogens with zero attached hydrogens (tertiary/aromatic N) is 1. The highest BCUT2D eigenvalue weighted by molar-refractivity contribution is 6.10. The number of benzene rings is 1. The van der Waals surface area contributed by atoms with Crippen molar-refractivity contribution < 1.29 is 24.4 Å². The minimum Gasteiger partial charge on any atom is -0.354 e. The quantitative estimate of drug-likeness (QED) is 0.182. The molecular formula is C27H39N3O5. The molecule has 1 aliphatic carbocycles. The Hall–Kier alpha value is -2.74. The van der Waals surface area contributed by atoms with E-state index in [-0.39, 0.29) is 42.4 Å². The fourth-order valence-corrected chi connectivity index (χ4v) is 5.67. The zero-order valence-electron chi connectivity index (χ0n) is 20.9. The molecule has 3 N–H and O–H groups in total. The van der Waals surface area contributed by atoms with Crippen molar-refractivity contribution >= 4 is 23.6 Å². The molecule has 2 atom stereocenters. The van der Waals surface area contributed by atoms with E-state index in [1.807, 2.05) is 30.3 Å². The number of rotatable bonds is 12. The molecule has 0 bridgehead atoms. The Bertz CT molecular complexity index is 895. The lowest BCUT2D eigenvalue weighted by Crippen LogP contribution is -2.52. The predicted octanol–water partition coefficient (Wildman–Crippen LogP) is 3.37. The van der Waals surface area contributed by atoms with Gasteiger partial charge in [0.15, 0.2) is 0 Å². The smallest absolute Gasteiger partial charge is 0.243 e. The molecule has 1 aromatic rings. The molecule has 0 radical (unpaired) electrons. The molecule has 192 valence electrons. The first-order valence-corrected chi connectivity index (χ1v) is 12.9. The summed E-state index contributed by atoms with van der Waals surface area (Å²) < 4.78 is 0. The van der Waals surface area contributed by atoms with Crippen molar-refractivity contribution in [2.45, 2.75) is 84.1 Å². The van der Waals surface area contributed by atoms with E-state index in [0.29, 0.717) is 45.1 Å². The predicted molar refractivity (Wildman–Crippen MR) is 131 cm³/mol. The number of amides is 4. The average Bonchev–Trinajstić information content (AvgIpc) is 3.41. The van der Waals surface area contributed by atoms with Gasteiger partial charge in [0.1, 0.15) is 6.04 Å². The number of imide groups is 1. The Morgan fingerprint density at radius 1 is 1.09 bits per heavy atom. The molecule has 1 aliphatic heterocycles. The summed E-state index contributed by atoms with van der Waals surface area (Å²) in [5.41, 5.74) is 1.85. The molecule has 2 fully saturated rings. The Morgan fingerprint density at radius 3 is 2.40 bits per heavy atom. The number of nitrogens with one attached hydrogen (secondary N) is 2. The first-order valence-electron chi connectivity index (χ1n) is 12.9. The van der Waals surface area contributed by atoms with Crippen LogP contribution >= 0.6 is 0 Å². The minimum absolute atomic E-state index is 0.170. The molecule has 8 nitrogen and oxygen atoms in total. The van der Waals surface area contributed by atoms with Crippen LogP contribution in [0, 0.1) is 17.3 Å². The molecule has 1 saturated carbocycles. The van der Waals surface area contributed by atoms with E-state index in [1.54, 1.807) is 5.48 Å². The summed E-state index contributed by atoms with van der Waals surface area (Å²) in [7, 11) is 0. The van der Waals surface area contributed by atoms with Crippen LogP contribution in [0.1, 0.15) is 77.2 Å². The van der Waals surface area contributed by atoms with Crippen molar-refractivity contribution in [1.82, 2.24) is 15.7 Å². The van der Waals surface area contributed by atoms with E-state index in [9.17, 15) is 19.2 Å². The van der Waals surface area contributed by atoms with Gasteiger partial charge in [-0.25, -0.2) is 5.48 Å². The summed E-state index contributed by atoms with van der Waals surface area (Å²) >= 11 is 0. The fourth-order valence-electron chi connectivity index (χ4n) is 5.67. The molecule has 35 heavy (non-hydrogen) atoms. The molecule has 4 amide bonds.